The molecule has 0 saturated heterocycles. The third-order valence-corrected chi connectivity index (χ3v) is 4.61. The maximum atomic E-state index is 11.5. The van der Waals surface area contributed by atoms with Crippen molar-refractivity contribution in [3.8, 4) is 0 Å². The Balaban J connectivity index is 3.17. The molecule has 0 unspecified atom stereocenters. The second-order valence-electron chi connectivity index (χ2n) is 7.81. The summed E-state index contributed by atoms with van der Waals surface area (Å²) in [5.74, 6) is 0.716. The molecule has 0 rings (SSSR count). The van der Waals surface area contributed by atoms with Crippen molar-refractivity contribution in [3.05, 3.63) is 5.21 Å². The smallest absolute Gasteiger partial charge is 0.233 e. The van der Waals surface area contributed by atoms with Crippen molar-refractivity contribution in [2.45, 2.75) is 117 Å². The number of unbranched alkanes of at least 4 members (excludes halogenated alkanes) is 11. The van der Waals surface area contributed by atoms with Crippen molar-refractivity contribution in [2.24, 2.45) is 5.92 Å². The molecule has 0 aliphatic rings. The summed E-state index contributed by atoms with van der Waals surface area (Å²) in [5.41, 5.74) is 2.37. The largest absolute Gasteiger partial charge is 0.767 e. The Labute approximate surface area is 156 Å². The van der Waals surface area contributed by atoms with Gasteiger partial charge in [0.25, 0.3) is 0 Å². The van der Waals surface area contributed by atoms with Crippen LogP contribution in [0.15, 0.2) is 0 Å². The molecular weight excluding hydrogens is 312 g/mol. The maximum absolute atomic E-state index is 11.5. The van der Waals surface area contributed by atoms with Crippen molar-refractivity contribution < 1.29 is 4.79 Å². The highest BCUT2D eigenvalue weighted by molar-refractivity contribution is 5.75. The molecule has 150 valence electrons. The highest BCUT2D eigenvalue weighted by Gasteiger charge is 2.01. The molecule has 4 heteroatoms. The number of hydrogen-bond acceptors (Lipinski definition) is 3. The van der Waals surface area contributed by atoms with Gasteiger partial charge < -0.3 is 10.6 Å². The summed E-state index contributed by atoms with van der Waals surface area (Å²) >= 11 is 0. The number of hydroxylamine groups is 1. The van der Waals surface area contributed by atoms with E-state index in [0.29, 0.717) is 18.1 Å². The second-order valence-corrected chi connectivity index (χ2v) is 7.81. The van der Waals surface area contributed by atoms with E-state index in [-0.39, 0.29) is 5.91 Å². The van der Waals surface area contributed by atoms with Gasteiger partial charge in [0, 0.05) is 13.0 Å². The first kappa shape index (κ1) is 24.4. The molecular formula is C21H43N2O2-. The SMILES string of the molecule is CCCN([O-])NC(=O)CCCCCCCCCCCCCCC(C)C. The van der Waals surface area contributed by atoms with Gasteiger partial charge in [-0.25, -0.2) is 0 Å². The van der Waals surface area contributed by atoms with Crippen LogP contribution in [0.1, 0.15) is 117 Å². The summed E-state index contributed by atoms with van der Waals surface area (Å²) in [4.78, 5) is 11.5. The van der Waals surface area contributed by atoms with E-state index in [4.69, 9.17) is 0 Å². The molecule has 0 aliphatic heterocycles. The Morgan fingerprint density at radius 3 is 1.72 bits per heavy atom. The molecule has 1 amide bonds. The molecule has 0 bridgehead atoms. The average molecular weight is 356 g/mol. The van der Waals surface area contributed by atoms with Gasteiger partial charge in [0.15, 0.2) is 0 Å². The van der Waals surface area contributed by atoms with Gasteiger partial charge in [-0.3, -0.25) is 9.97 Å². The fourth-order valence-electron chi connectivity index (χ4n) is 3.06. The van der Waals surface area contributed by atoms with Gasteiger partial charge >= 0.3 is 0 Å². The molecule has 0 aromatic rings. The van der Waals surface area contributed by atoms with Crippen LogP contribution in [0.2, 0.25) is 0 Å². The molecule has 0 aromatic heterocycles. The molecule has 0 radical (unpaired) electrons. The molecule has 0 saturated carbocycles. The minimum Gasteiger partial charge on any atom is -0.767 e. The fourth-order valence-corrected chi connectivity index (χ4v) is 3.06. The lowest BCUT2D eigenvalue weighted by Crippen LogP contribution is -2.38. The molecule has 0 heterocycles. The van der Waals surface area contributed by atoms with Crippen LogP contribution in [0.3, 0.4) is 0 Å². The minimum atomic E-state index is -0.142. The fraction of sp³-hybridized carbons (Fsp3) is 0.952. The van der Waals surface area contributed by atoms with Gasteiger partial charge in [0.05, 0.1) is 0 Å². The monoisotopic (exact) mass is 355 g/mol. The van der Waals surface area contributed by atoms with Gasteiger partial charge in [-0.15, -0.1) is 0 Å². The summed E-state index contributed by atoms with van der Waals surface area (Å²) in [6.45, 7) is 6.90. The molecule has 0 spiro atoms. The van der Waals surface area contributed by atoms with E-state index >= 15 is 0 Å². The van der Waals surface area contributed by atoms with Crippen LogP contribution in [0, 0.1) is 11.1 Å². The van der Waals surface area contributed by atoms with E-state index in [1.165, 1.54) is 70.6 Å². The Hall–Kier alpha value is -0.610. The Bertz CT molecular complexity index is 296. The zero-order valence-electron chi connectivity index (χ0n) is 17.2. The van der Waals surface area contributed by atoms with E-state index < -0.39 is 0 Å². The number of carbonyl (C=O) groups excluding carboxylic acids is 1. The highest BCUT2D eigenvalue weighted by Crippen LogP contribution is 2.14. The zero-order chi connectivity index (χ0) is 18.8. The topological polar surface area (TPSA) is 55.4 Å². The lowest BCUT2D eigenvalue weighted by molar-refractivity contribution is -0.124. The summed E-state index contributed by atoms with van der Waals surface area (Å²) in [7, 11) is 0. The molecule has 25 heavy (non-hydrogen) atoms. The van der Waals surface area contributed by atoms with Gasteiger partial charge in [-0.1, -0.05) is 97.8 Å². The number of nitrogens with zero attached hydrogens (tertiary/aromatic N) is 1. The quantitative estimate of drug-likeness (QED) is 0.230. The molecule has 4 nitrogen and oxygen atoms in total. The molecule has 1 N–H and O–H groups in total. The first-order valence-electron chi connectivity index (χ1n) is 10.8. The number of hydrazine groups is 1. The van der Waals surface area contributed by atoms with Crippen molar-refractivity contribution in [2.75, 3.05) is 6.54 Å². The van der Waals surface area contributed by atoms with Gasteiger partial charge in [0.2, 0.25) is 5.91 Å². The van der Waals surface area contributed by atoms with Crippen LogP contribution in [0.5, 0.6) is 0 Å². The van der Waals surface area contributed by atoms with Gasteiger partial charge in [-0.05, 0) is 18.8 Å². The molecule has 0 aromatic carbocycles. The summed E-state index contributed by atoms with van der Waals surface area (Å²) < 4.78 is 0. The lowest BCUT2D eigenvalue weighted by Gasteiger charge is -2.27. The van der Waals surface area contributed by atoms with Crippen molar-refractivity contribution in [1.82, 2.24) is 10.6 Å². The first-order valence-corrected chi connectivity index (χ1v) is 10.8. The summed E-state index contributed by atoms with van der Waals surface area (Å²) in [5, 5.41) is 11.8. The number of carbonyl (C=O) groups is 1. The summed E-state index contributed by atoms with van der Waals surface area (Å²) in [6.07, 6.45) is 18.2. The van der Waals surface area contributed by atoms with Gasteiger partial charge in [0.1, 0.15) is 0 Å². The number of nitrogens with one attached hydrogen (secondary N) is 1. The third kappa shape index (κ3) is 19.6. The van der Waals surface area contributed by atoms with Crippen LogP contribution in [0.4, 0.5) is 0 Å². The Morgan fingerprint density at radius 2 is 1.28 bits per heavy atom. The predicted octanol–water partition coefficient (Wildman–Crippen LogP) is 6.34. The van der Waals surface area contributed by atoms with Crippen LogP contribution in [0.25, 0.3) is 0 Å². The van der Waals surface area contributed by atoms with Crippen LogP contribution >= 0.6 is 0 Å². The van der Waals surface area contributed by atoms with E-state index in [1.54, 1.807) is 0 Å². The van der Waals surface area contributed by atoms with E-state index in [9.17, 15) is 10.0 Å². The van der Waals surface area contributed by atoms with Crippen LogP contribution in [-0.2, 0) is 4.79 Å². The van der Waals surface area contributed by atoms with Crippen molar-refractivity contribution in [1.29, 1.82) is 0 Å². The third-order valence-electron chi connectivity index (χ3n) is 4.61. The first-order chi connectivity index (χ1) is 12.1. The standard InChI is InChI=1S/C21H43N2O2/c1-4-19-23(25)22-21(24)18-16-14-12-10-8-6-5-7-9-11-13-15-17-20(2)3/h20H,4-19H2,1-3H3,(H,22,24)/q-1. The lowest BCUT2D eigenvalue weighted by atomic mass is 10.0. The summed E-state index contributed by atoms with van der Waals surface area (Å²) in [6, 6.07) is 0. The minimum absolute atomic E-state index is 0.142. The van der Waals surface area contributed by atoms with E-state index in [0.717, 1.165) is 25.2 Å². The zero-order valence-corrected chi connectivity index (χ0v) is 17.2. The predicted molar refractivity (Wildman–Crippen MR) is 108 cm³/mol. The average Bonchev–Trinajstić information content (AvgIpc) is 2.55. The Morgan fingerprint density at radius 1 is 0.840 bits per heavy atom. The molecule has 0 aliphatic carbocycles. The normalized spacial score (nSPS) is 11.4. The number of rotatable bonds is 18. The highest BCUT2D eigenvalue weighted by atomic mass is 16.5. The van der Waals surface area contributed by atoms with Crippen LogP contribution in [-0.4, -0.2) is 17.6 Å². The maximum Gasteiger partial charge on any atom is 0.233 e. The van der Waals surface area contributed by atoms with E-state index in [1.807, 2.05) is 6.92 Å². The van der Waals surface area contributed by atoms with Crippen molar-refractivity contribution >= 4 is 5.91 Å². The number of amides is 1. The molecule has 0 fully saturated rings. The number of hydrogen-bond donors (Lipinski definition) is 1. The Kier molecular flexibility index (Phi) is 17.7. The molecule has 0 atom stereocenters. The van der Waals surface area contributed by atoms with Crippen LogP contribution < -0.4 is 5.43 Å². The van der Waals surface area contributed by atoms with E-state index in [2.05, 4.69) is 19.3 Å². The second kappa shape index (κ2) is 18.2. The van der Waals surface area contributed by atoms with Crippen molar-refractivity contribution in [3.63, 3.8) is 0 Å². The van der Waals surface area contributed by atoms with Gasteiger partial charge in [-0.2, -0.15) is 0 Å².